The molecule has 0 atom stereocenters. The maximum atomic E-state index is 12.6. The second-order valence-electron chi connectivity index (χ2n) is 6.62. The fraction of sp³-hybridized carbons (Fsp3) is 0.364. The summed E-state index contributed by atoms with van der Waals surface area (Å²) < 4.78 is 5.09. The van der Waals surface area contributed by atoms with E-state index in [0.717, 1.165) is 31.6 Å². The van der Waals surface area contributed by atoms with Crippen molar-refractivity contribution in [1.29, 1.82) is 0 Å². The number of methoxy groups -OCH3 is 1. The Kier molecular flexibility index (Phi) is 8.80. The second-order valence-corrected chi connectivity index (χ2v) is 7.03. The van der Waals surface area contributed by atoms with Crippen LogP contribution >= 0.6 is 11.6 Å². The van der Waals surface area contributed by atoms with Crippen molar-refractivity contribution < 1.29 is 14.3 Å². The first kappa shape index (κ1) is 22.6. The molecule has 156 valence electrons. The number of nitrogens with zero attached hydrogens (tertiary/aromatic N) is 1. The maximum Gasteiger partial charge on any atom is 0.253 e. The van der Waals surface area contributed by atoms with Crippen LogP contribution in [0.4, 0.5) is 11.4 Å². The van der Waals surface area contributed by atoms with Gasteiger partial charge in [-0.3, -0.25) is 9.59 Å². The average molecular weight is 418 g/mol. The van der Waals surface area contributed by atoms with E-state index in [2.05, 4.69) is 24.5 Å². The molecule has 0 heterocycles. The van der Waals surface area contributed by atoms with Crippen molar-refractivity contribution in [3.05, 3.63) is 53.1 Å². The molecule has 2 rings (SSSR count). The Bertz CT molecular complexity index is 819. The van der Waals surface area contributed by atoms with Crippen LogP contribution in [0.1, 0.15) is 37.0 Å². The molecular weight excluding hydrogens is 390 g/mol. The number of amides is 2. The van der Waals surface area contributed by atoms with E-state index in [0.29, 0.717) is 22.0 Å². The number of halogens is 1. The Labute approximate surface area is 177 Å². The van der Waals surface area contributed by atoms with Gasteiger partial charge in [-0.1, -0.05) is 25.4 Å². The maximum absolute atomic E-state index is 12.6. The van der Waals surface area contributed by atoms with Crippen LogP contribution in [0.2, 0.25) is 5.02 Å². The van der Waals surface area contributed by atoms with Crippen molar-refractivity contribution in [2.45, 2.75) is 26.7 Å². The predicted octanol–water partition coefficient (Wildman–Crippen LogP) is 4.66. The van der Waals surface area contributed by atoms with E-state index in [1.165, 1.54) is 7.11 Å². The van der Waals surface area contributed by atoms with E-state index in [-0.39, 0.29) is 18.4 Å². The first-order chi connectivity index (χ1) is 14.0. The molecule has 6 nitrogen and oxygen atoms in total. The molecule has 0 fully saturated rings. The molecule has 0 saturated heterocycles. The number of carbonyl (C=O) groups excluding carboxylic acids is 2. The van der Waals surface area contributed by atoms with Crippen LogP contribution in [0.5, 0.6) is 5.75 Å². The van der Waals surface area contributed by atoms with Gasteiger partial charge in [0.15, 0.2) is 0 Å². The van der Waals surface area contributed by atoms with Crippen LogP contribution < -0.4 is 15.4 Å². The van der Waals surface area contributed by atoms with Gasteiger partial charge < -0.3 is 20.3 Å². The highest BCUT2D eigenvalue weighted by molar-refractivity contribution is 6.32. The number of hydrogen-bond acceptors (Lipinski definition) is 4. The largest absolute Gasteiger partial charge is 0.495 e. The van der Waals surface area contributed by atoms with Gasteiger partial charge >= 0.3 is 0 Å². The molecule has 7 heteroatoms. The molecule has 2 amide bonds. The lowest BCUT2D eigenvalue weighted by atomic mass is 10.1. The molecule has 0 spiro atoms. The van der Waals surface area contributed by atoms with E-state index in [1.807, 2.05) is 4.90 Å². The summed E-state index contributed by atoms with van der Waals surface area (Å²) in [6.07, 6.45) is 1.86. The van der Waals surface area contributed by atoms with Gasteiger partial charge in [0, 0.05) is 30.0 Å². The molecule has 0 aliphatic rings. The van der Waals surface area contributed by atoms with Gasteiger partial charge in [-0.25, -0.2) is 0 Å². The molecule has 0 bridgehead atoms. The third kappa shape index (κ3) is 6.68. The summed E-state index contributed by atoms with van der Waals surface area (Å²) in [7, 11) is 1.54. The molecule has 2 N–H and O–H groups in total. The van der Waals surface area contributed by atoms with Crippen LogP contribution in [-0.2, 0) is 4.79 Å². The first-order valence-corrected chi connectivity index (χ1v) is 10.1. The number of hydrogen-bond donors (Lipinski definition) is 2. The molecule has 0 aliphatic heterocycles. The molecule has 0 aliphatic carbocycles. The van der Waals surface area contributed by atoms with Crippen LogP contribution in [0, 0.1) is 0 Å². The van der Waals surface area contributed by atoms with Crippen LogP contribution in [0.3, 0.4) is 0 Å². The van der Waals surface area contributed by atoms with Gasteiger partial charge in [0.2, 0.25) is 5.91 Å². The molecule has 29 heavy (non-hydrogen) atoms. The number of anilines is 2. The van der Waals surface area contributed by atoms with Gasteiger partial charge in [-0.15, -0.1) is 0 Å². The lowest BCUT2D eigenvalue weighted by molar-refractivity contribution is -0.114. The van der Waals surface area contributed by atoms with Gasteiger partial charge in [-0.05, 0) is 55.3 Å². The first-order valence-electron chi connectivity index (χ1n) is 9.75. The van der Waals surface area contributed by atoms with Crippen LogP contribution in [0.25, 0.3) is 0 Å². The van der Waals surface area contributed by atoms with Crippen molar-refractivity contribution >= 4 is 34.8 Å². The lowest BCUT2D eigenvalue weighted by Crippen LogP contribution is -2.32. The van der Waals surface area contributed by atoms with E-state index in [1.54, 1.807) is 42.5 Å². The molecular formula is C22H28ClN3O3. The Hall–Kier alpha value is -2.73. The molecule has 0 aromatic heterocycles. The Balaban J connectivity index is 1.90. The van der Waals surface area contributed by atoms with Crippen molar-refractivity contribution in [1.82, 2.24) is 4.90 Å². The van der Waals surface area contributed by atoms with Gasteiger partial charge in [0.05, 0.1) is 18.7 Å². The number of rotatable bonds is 10. The van der Waals surface area contributed by atoms with Crippen molar-refractivity contribution in [3.8, 4) is 5.75 Å². The Morgan fingerprint density at radius 1 is 1.00 bits per heavy atom. The van der Waals surface area contributed by atoms with Crippen molar-refractivity contribution in [2.24, 2.45) is 0 Å². The molecule has 0 radical (unpaired) electrons. The summed E-state index contributed by atoms with van der Waals surface area (Å²) >= 11 is 6.07. The Morgan fingerprint density at radius 2 is 1.62 bits per heavy atom. The zero-order chi connectivity index (χ0) is 21.2. The van der Waals surface area contributed by atoms with Crippen LogP contribution in [-0.4, -0.2) is 43.5 Å². The molecule has 2 aromatic rings. The van der Waals surface area contributed by atoms with Gasteiger partial charge in [0.25, 0.3) is 5.91 Å². The van der Waals surface area contributed by atoms with E-state index in [9.17, 15) is 9.59 Å². The normalized spacial score (nSPS) is 10.3. The quantitative estimate of drug-likeness (QED) is 0.589. The smallest absolute Gasteiger partial charge is 0.253 e. The summed E-state index contributed by atoms with van der Waals surface area (Å²) in [5.41, 5.74) is 2.01. The highest BCUT2D eigenvalue weighted by Gasteiger charge is 2.14. The minimum absolute atomic E-state index is 0.0365. The lowest BCUT2D eigenvalue weighted by Gasteiger charge is -2.21. The fourth-order valence-corrected chi connectivity index (χ4v) is 3.16. The van der Waals surface area contributed by atoms with Crippen LogP contribution in [0.15, 0.2) is 42.5 Å². The zero-order valence-corrected chi connectivity index (χ0v) is 17.9. The van der Waals surface area contributed by atoms with Gasteiger partial charge in [-0.2, -0.15) is 0 Å². The minimum Gasteiger partial charge on any atom is -0.495 e. The minimum atomic E-state index is -0.205. The summed E-state index contributed by atoms with van der Waals surface area (Å²) in [6.45, 7) is 5.72. The number of ether oxygens (including phenoxy) is 1. The van der Waals surface area contributed by atoms with Crippen molar-refractivity contribution in [2.75, 3.05) is 37.4 Å². The highest BCUT2D eigenvalue weighted by Crippen LogP contribution is 2.27. The number of carbonyl (C=O) groups is 2. The molecule has 0 unspecified atom stereocenters. The molecule has 0 saturated carbocycles. The Morgan fingerprint density at radius 3 is 2.17 bits per heavy atom. The number of benzene rings is 2. The second kappa shape index (κ2) is 11.3. The van der Waals surface area contributed by atoms with E-state index < -0.39 is 0 Å². The van der Waals surface area contributed by atoms with Crippen molar-refractivity contribution in [3.63, 3.8) is 0 Å². The molecule has 2 aromatic carbocycles. The van der Waals surface area contributed by atoms with E-state index >= 15 is 0 Å². The third-order valence-corrected chi connectivity index (χ3v) is 4.59. The summed E-state index contributed by atoms with van der Waals surface area (Å²) in [4.78, 5) is 26.6. The zero-order valence-electron chi connectivity index (χ0n) is 17.1. The summed E-state index contributed by atoms with van der Waals surface area (Å²) in [5, 5.41) is 6.26. The number of nitrogens with one attached hydrogen (secondary N) is 2. The highest BCUT2D eigenvalue weighted by atomic mass is 35.5. The predicted molar refractivity (Wildman–Crippen MR) is 118 cm³/mol. The summed E-state index contributed by atoms with van der Waals surface area (Å²) in [5.74, 6) is 0.381. The standard InChI is InChI=1S/C22H28ClN3O3/c1-4-12-26(13-5-2)22(28)16-6-8-17(9-7-16)24-15-21(27)25-18-10-11-20(29-3)19(23)14-18/h6-11,14,24H,4-5,12-13,15H2,1-3H3,(H,25,27). The summed E-state index contributed by atoms with van der Waals surface area (Å²) in [6, 6.07) is 12.2. The average Bonchev–Trinajstić information content (AvgIpc) is 2.72. The fourth-order valence-electron chi connectivity index (χ4n) is 2.90. The topological polar surface area (TPSA) is 70.7 Å². The van der Waals surface area contributed by atoms with E-state index in [4.69, 9.17) is 16.3 Å². The monoisotopic (exact) mass is 417 g/mol. The SMILES string of the molecule is CCCN(CCC)C(=O)c1ccc(NCC(=O)Nc2ccc(OC)c(Cl)c2)cc1. The van der Waals surface area contributed by atoms with Gasteiger partial charge in [0.1, 0.15) is 5.75 Å². The third-order valence-electron chi connectivity index (χ3n) is 4.29.